The molecular weight excluding hydrogens is 103 g/mol. The molecule has 0 unspecified atom stereocenters. The van der Waals surface area contributed by atoms with Gasteiger partial charge in [-0.05, 0) is 25.9 Å². The van der Waals surface area contributed by atoms with Gasteiger partial charge in [0.05, 0.1) is 0 Å². The lowest BCUT2D eigenvalue weighted by Gasteiger charge is -1.98. The summed E-state index contributed by atoms with van der Waals surface area (Å²) in [5.74, 6) is 0. The Balaban J connectivity index is 2.81. The van der Waals surface area contributed by atoms with Gasteiger partial charge in [-0.15, -0.1) is 14.5 Å². The average Bonchev–Trinajstić information content (AvgIpc) is 1.61. The monoisotopic (exact) mass is 116 g/mol. The summed E-state index contributed by atoms with van der Waals surface area (Å²) >= 11 is 0. The SMILES string of the molecule is C=CCCP(C)C. The van der Waals surface area contributed by atoms with Crippen LogP contribution < -0.4 is 0 Å². The minimum Gasteiger partial charge on any atom is -0.113 e. The molecule has 0 aromatic rings. The second-order valence-electron chi connectivity index (χ2n) is 1.88. The zero-order chi connectivity index (χ0) is 5.70. The van der Waals surface area contributed by atoms with E-state index in [9.17, 15) is 0 Å². The normalized spacial score (nSPS) is 9.57. The van der Waals surface area contributed by atoms with Crippen molar-refractivity contribution in [3.63, 3.8) is 0 Å². The minimum atomic E-state index is 0.322. The van der Waals surface area contributed by atoms with Crippen LogP contribution in [0.5, 0.6) is 0 Å². The molecule has 0 saturated carbocycles. The molecule has 0 radical (unpaired) electrons. The van der Waals surface area contributed by atoms with Crippen molar-refractivity contribution in [1.29, 1.82) is 0 Å². The van der Waals surface area contributed by atoms with Crippen molar-refractivity contribution >= 4 is 7.92 Å². The number of hydrogen-bond acceptors (Lipinski definition) is 0. The molecule has 0 nitrogen and oxygen atoms in total. The first-order chi connectivity index (χ1) is 3.27. The molecule has 0 rings (SSSR count). The van der Waals surface area contributed by atoms with Crippen molar-refractivity contribution in [3.8, 4) is 0 Å². The van der Waals surface area contributed by atoms with Gasteiger partial charge < -0.3 is 0 Å². The van der Waals surface area contributed by atoms with E-state index in [0.717, 1.165) is 0 Å². The van der Waals surface area contributed by atoms with Crippen LogP contribution in [-0.2, 0) is 0 Å². The van der Waals surface area contributed by atoms with Gasteiger partial charge in [0.15, 0.2) is 0 Å². The Morgan fingerprint density at radius 2 is 2.14 bits per heavy atom. The Labute approximate surface area is 47.4 Å². The summed E-state index contributed by atoms with van der Waals surface area (Å²) in [6.07, 6.45) is 4.53. The fraction of sp³-hybridized carbons (Fsp3) is 0.667. The van der Waals surface area contributed by atoms with E-state index in [1.807, 2.05) is 6.08 Å². The van der Waals surface area contributed by atoms with Crippen molar-refractivity contribution in [2.45, 2.75) is 6.42 Å². The van der Waals surface area contributed by atoms with Gasteiger partial charge in [-0.2, -0.15) is 0 Å². The Bertz CT molecular complexity index is 48.1. The van der Waals surface area contributed by atoms with E-state index >= 15 is 0 Å². The van der Waals surface area contributed by atoms with E-state index in [0.29, 0.717) is 7.92 Å². The molecule has 7 heavy (non-hydrogen) atoms. The zero-order valence-corrected chi connectivity index (χ0v) is 6.04. The van der Waals surface area contributed by atoms with Crippen molar-refractivity contribution in [2.75, 3.05) is 19.5 Å². The highest BCUT2D eigenvalue weighted by Crippen LogP contribution is 2.24. The lowest BCUT2D eigenvalue weighted by atomic mass is 10.5. The molecule has 0 aliphatic rings. The first kappa shape index (κ1) is 7.17. The summed E-state index contributed by atoms with van der Waals surface area (Å²) in [5, 5.41) is 0. The van der Waals surface area contributed by atoms with Crippen molar-refractivity contribution < 1.29 is 0 Å². The van der Waals surface area contributed by atoms with Crippen LogP contribution in [0.25, 0.3) is 0 Å². The lowest BCUT2D eigenvalue weighted by molar-refractivity contribution is 1.24. The van der Waals surface area contributed by atoms with Gasteiger partial charge in [-0.3, -0.25) is 0 Å². The maximum atomic E-state index is 3.64. The summed E-state index contributed by atoms with van der Waals surface area (Å²) in [4.78, 5) is 0. The Morgan fingerprint density at radius 1 is 1.57 bits per heavy atom. The summed E-state index contributed by atoms with van der Waals surface area (Å²) in [6, 6.07) is 0. The molecule has 0 heterocycles. The van der Waals surface area contributed by atoms with Gasteiger partial charge in [0.2, 0.25) is 0 Å². The van der Waals surface area contributed by atoms with Crippen LogP contribution in [0.2, 0.25) is 0 Å². The zero-order valence-electron chi connectivity index (χ0n) is 5.15. The molecule has 0 aliphatic carbocycles. The summed E-state index contributed by atoms with van der Waals surface area (Å²) < 4.78 is 0. The van der Waals surface area contributed by atoms with Gasteiger partial charge in [-0.25, -0.2) is 0 Å². The Hall–Kier alpha value is 0.170. The molecule has 0 fully saturated rings. The van der Waals surface area contributed by atoms with Gasteiger partial charge in [0.1, 0.15) is 0 Å². The number of rotatable bonds is 3. The second-order valence-corrected chi connectivity index (χ2v) is 4.49. The van der Waals surface area contributed by atoms with Crippen LogP contribution >= 0.6 is 7.92 Å². The van der Waals surface area contributed by atoms with E-state index in [-0.39, 0.29) is 0 Å². The van der Waals surface area contributed by atoms with Gasteiger partial charge in [-0.1, -0.05) is 6.08 Å². The fourth-order valence-electron chi connectivity index (χ4n) is 0.349. The maximum absolute atomic E-state index is 3.64. The van der Waals surface area contributed by atoms with Gasteiger partial charge in [0.25, 0.3) is 0 Å². The molecular formula is C6H13P. The third-order valence-electron chi connectivity index (χ3n) is 0.780. The average molecular weight is 116 g/mol. The molecule has 0 amide bonds. The van der Waals surface area contributed by atoms with Crippen LogP contribution in [0.1, 0.15) is 6.42 Å². The summed E-state index contributed by atoms with van der Waals surface area (Å²) in [7, 11) is 0.322. The van der Waals surface area contributed by atoms with Gasteiger partial charge in [0, 0.05) is 0 Å². The quantitative estimate of drug-likeness (QED) is 0.392. The van der Waals surface area contributed by atoms with E-state index in [2.05, 4.69) is 19.9 Å². The topological polar surface area (TPSA) is 0 Å². The molecule has 0 aromatic heterocycles. The molecule has 1 heteroatoms. The molecule has 0 bridgehead atoms. The molecule has 0 aliphatic heterocycles. The predicted molar refractivity (Wildman–Crippen MR) is 38.4 cm³/mol. The number of hydrogen-bond donors (Lipinski definition) is 0. The summed E-state index contributed by atoms with van der Waals surface area (Å²) in [6.45, 7) is 8.22. The molecule has 0 N–H and O–H groups in total. The van der Waals surface area contributed by atoms with Crippen molar-refractivity contribution in [1.82, 2.24) is 0 Å². The molecule has 0 spiro atoms. The first-order valence-corrected chi connectivity index (χ1v) is 4.95. The fourth-order valence-corrected chi connectivity index (χ4v) is 1.05. The maximum Gasteiger partial charge on any atom is -0.0296 e. The molecule has 0 saturated heterocycles. The van der Waals surface area contributed by atoms with E-state index in [1.54, 1.807) is 0 Å². The van der Waals surface area contributed by atoms with Crippen LogP contribution in [0.15, 0.2) is 12.7 Å². The first-order valence-electron chi connectivity index (χ1n) is 2.53. The highest BCUT2D eigenvalue weighted by molar-refractivity contribution is 7.55. The second kappa shape index (κ2) is 4.33. The van der Waals surface area contributed by atoms with E-state index in [1.165, 1.54) is 12.6 Å². The van der Waals surface area contributed by atoms with Crippen molar-refractivity contribution in [3.05, 3.63) is 12.7 Å². The largest absolute Gasteiger partial charge is 0.113 e. The third kappa shape index (κ3) is 6.17. The predicted octanol–water partition coefficient (Wildman–Crippen LogP) is 2.30. The highest BCUT2D eigenvalue weighted by atomic mass is 31.1. The van der Waals surface area contributed by atoms with Crippen LogP contribution in [0, 0.1) is 0 Å². The molecule has 0 atom stereocenters. The number of allylic oxidation sites excluding steroid dienone is 1. The van der Waals surface area contributed by atoms with Crippen molar-refractivity contribution in [2.24, 2.45) is 0 Å². The van der Waals surface area contributed by atoms with E-state index < -0.39 is 0 Å². The van der Waals surface area contributed by atoms with Crippen LogP contribution in [0.3, 0.4) is 0 Å². The highest BCUT2D eigenvalue weighted by Gasteiger charge is 1.85. The third-order valence-corrected chi connectivity index (χ3v) is 1.93. The lowest BCUT2D eigenvalue weighted by Crippen LogP contribution is -1.75. The Morgan fingerprint density at radius 3 is 2.29 bits per heavy atom. The smallest absolute Gasteiger partial charge is 0.0296 e. The minimum absolute atomic E-state index is 0.322. The summed E-state index contributed by atoms with van der Waals surface area (Å²) in [5.41, 5.74) is 0. The van der Waals surface area contributed by atoms with Crippen LogP contribution in [0.4, 0.5) is 0 Å². The van der Waals surface area contributed by atoms with Crippen LogP contribution in [-0.4, -0.2) is 19.5 Å². The Kier molecular flexibility index (Phi) is 4.44. The molecule has 42 valence electrons. The molecule has 0 aromatic carbocycles. The van der Waals surface area contributed by atoms with Gasteiger partial charge >= 0.3 is 0 Å². The van der Waals surface area contributed by atoms with E-state index in [4.69, 9.17) is 0 Å². The standard InChI is InChI=1S/C6H13P/c1-4-5-6-7(2)3/h4H,1,5-6H2,2-3H3.